The minimum absolute atomic E-state index is 0.0198. The number of hydrogen-bond donors (Lipinski definition) is 0. The van der Waals surface area contributed by atoms with E-state index in [-0.39, 0.29) is 22.4 Å². The van der Waals surface area contributed by atoms with Crippen molar-refractivity contribution in [3.8, 4) is 16.9 Å². The van der Waals surface area contributed by atoms with Crippen LogP contribution in [0.25, 0.3) is 11.1 Å². The largest absolute Gasteiger partial charge is 0.496 e. The maximum absolute atomic E-state index is 15.0. The summed E-state index contributed by atoms with van der Waals surface area (Å²) in [5.74, 6) is -0.252. The fourth-order valence-corrected chi connectivity index (χ4v) is 3.60. The van der Waals surface area contributed by atoms with E-state index in [0.29, 0.717) is 24.0 Å². The highest BCUT2D eigenvalue weighted by atomic mass is 19.1. The Morgan fingerprint density at radius 3 is 2.58 bits per heavy atom. The van der Waals surface area contributed by atoms with Gasteiger partial charge in [0.2, 0.25) is 5.91 Å². The van der Waals surface area contributed by atoms with Crippen LogP contribution in [-0.4, -0.2) is 26.4 Å². The quantitative estimate of drug-likeness (QED) is 0.773. The zero-order valence-electron chi connectivity index (χ0n) is 15.6. The Kier molecular flexibility index (Phi) is 4.34. The highest BCUT2D eigenvalue weighted by molar-refractivity contribution is 5.99. The molecule has 5 heteroatoms. The average molecular weight is 355 g/mol. The number of benzene rings is 2. The lowest BCUT2D eigenvalue weighted by Gasteiger charge is -2.37. The van der Waals surface area contributed by atoms with Crippen LogP contribution in [0.4, 0.5) is 10.1 Å². The summed E-state index contributed by atoms with van der Waals surface area (Å²) < 4.78 is 20.3. The van der Waals surface area contributed by atoms with Crippen molar-refractivity contribution in [3.63, 3.8) is 0 Å². The predicted octanol–water partition coefficient (Wildman–Crippen LogP) is 4.27. The smallest absolute Gasteiger partial charge is 0.227 e. The van der Waals surface area contributed by atoms with E-state index >= 15 is 0 Å². The summed E-state index contributed by atoms with van der Waals surface area (Å²) in [5, 5.41) is 0. The van der Waals surface area contributed by atoms with Crippen LogP contribution in [0.1, 0.15) is 41.8 Å². The van der Waals surface area contributed by atoms with Crippen LogP contribution in [0, 0.1) is 12.7 Å². The number of hydrogen-bond acceptors (Lipinski definition) is 3. The van der Waals surface area contributed by atoms with E-state index in [0.717, 1.165) is 16.8 Å². The number of ether oxygens (including phenoxy) is 1. The van der Waals surface area contributed by atoms with E-state index in [1.54, 1.807) is 18.0 Å². The summed E-state index contributed by atoms with van der Waals surface area (Å²) >= 11 is 0. The van der Waals surface area contributed by atoms with Gasteiger partial charge in [-0.15, -0.1) is 0 Å². The lowest BCUT2D eigenvalue weighted by molar-refractivity contribution is -0.119. The average Bonchev–Trinajstić information content (AvgIpc) is 2.59. The van der Waals surface area contributed by atoms with E-state index in [4.69, 9.17) is 4.74 Å². The molecule has 1 aliphatic rings. The number of fused-ring (bicyclic) bond motifs is 1. The van der Waals surface area contributed by atoms with Gasteiger partial charge in [-0.1, -0.05) is 19.9 Å². The third-order valence-corrected chi connectivity index (χ3v) is 5.15. The molecule has 2 aromatic rings. The summed E-state index contributed by atoms with van der Waals surface area (Å²) in [6, 6.07) is 6.80. The minimum atomic E-state index is -0.619. The fourth-order valence-electron chi connectivity index (χ4n) is 3.60. The van der Waals surface area contributed by atoms with E-state index in [2.05, 4.69) is 0 Å². The Bertz CT molecular complexity index is 918. The summed E-state index contributed by atoms with van der Waals surface area (Å²) in [6.45, 7) is 5.96. The molecule has 0 aliphatic carbocycles. The molecule has 0 saturated heterocycles. The topological polar surface area (TPSA) is 46.6 Å². The minimum Gasteiger partial charge on any atom is -0.496 e. The Morgan fingerprint density at radius 2 is 1.96 bits per heavy atom. The number of halogens is 1. The van der Waals surface area contributed by atoms with E-state index in [1.807, 2.05) is 32.9 Å². The molecule has 0 N–H and O–H groups in total. The van der Waals surface area contributed by atoms with Crippen molar-refractivity contribution in [3.05, 3.63) is 46.8 Å². The number of carbonyl (C=O) groups excluding carboxylic acids is 2. The molecule has 136 valence electrons. The Labute approximate surface area is 152 Å². The number of aryl methyl sites for hydroxylation is 1. The number of rotatable bonds is 3. The molecule has 0 bridgehead atoms. The summed E-state index contributed by atoms with van der Waals surface area (Å²) in [7, 11) is 3.19. The molecule has 1 amide bonds. The number of carbonyl (C=O) groups is 2. The number of methoxy groups -OCH3 is 1. The van der Waals surface area contributed by atoms with Gasteiger partial charge < -0.3 is 9.64 Å². The van der Waals surface area contributed by atoms with Crippen molar-refractivity contribution < 1.29 is 18.7 Å². The standard InChI is InChI=1S/C21H22FNO3/c1-12-8-15-16(23(4)18(25)10-21(15,2)3)9-14(12)19-17(26-5)7-6-13(11-24)20(19)22/h6-9,11H,10H2,1-5H3. The molecule has 0 radical (unpaired) electrons. The molecular formula is C21H22FNO3. The van der Waals surface area contributed by atoms with Crippen LogP contribution >= 0.6 is 0 Å². The molecule has 0 aromatic heterocycles. The normalized spacial score (nSPS) is 15.6. The number of aldehydes is 1. The molecule has 3 rings (SSSR count). The third kappa shape index (κ3) is 2.68. The van der Waals surface area contributed by atoms with Gasteiger partial charge in [-0.25, -0.2) is 4.39 Å². The molecule has 1 heterocycles. The van der Waals surface area contributed by atoms with Gasteiger partial charge in [0.1, 0.15) is 11.6 Å². The third-order valence-electron chi connectivity index (χ3n) is 5.15. The molecular weight excluding hydrogens is 333 g/mol. The second kappa shape index (κ2) is 6.24. The molecule has 0 saturated carbocycles. The first-order valence-electron chi connectivity index (χ1n) is 8.45. The first-order valence-corrected chi connectivity index (χ1v) is 8.45. The van der Waals surface area contributed by atoms with Gasteiger partial charge in [0.15, 0.2) is 6.29 Å². The first kappa shape index (κ1) is 18.1. The van der Waals surface area contributed by atoms with Crippen molar-refractivity contribution in [2.24, 2.45) is 0 Å². The summed E-state index contributed by atoms with van der Waals surface area (Å²) in [5.41, 5.74) is 3.19. The summed E-state index contributed by atoms with van der Waals surface area (Å²) in [4.78, 5) is 25.2. The maximum Gasteiger partial charge on any atom is 0.227 e. The highest BCUT2D eigenvalue weighted by Crippen LogP contribution is 2.45. The molecule has 2 aromatic carbocycles. The zero-order valence-corrected chi connectivity index (χ0v) is 15.6. The van der Waals surface area contributed by atoms with Crippen LogP contribution < -0.4 is 9.64 Å². The Balaban J connectivity index is 2.33. The zero-order chi connectivity index (χ0) is 19.2. The SMILES string of the molecule is COc1ccc(C=O)c(F)c1-c1cc2c(cc1C)C(C)(C)CC(=O)N2C. The van der Waals surface area contributed by atoms with Crippen molar-refractivity contribution in [2.75, 3.05) is 19.1 Å². The molecule has 4 nitrogen and oxygen atoms in total. The number of amides is 1. The van der Waals surface area contributed by atoms with Crippen LogP contribution in [-0.2, 0) is 10.2 Å². The molecule has 26 heavy (non-hydrogen) atoms. The highest BCUT2D eigenvalue weighted by Gasteiger charge is 2.36. The molecule has 0 unspecified atom stereocenters. The van der Waals surface area contributed by atoms with Crippen molar-refractivity contribution in [1.29, 1.82) is 0 Å². The van der Waals surface area contributed by atoms with Gasteiger partial charge in [-0.3, -0.25) is 9.59 Å². The van der Waals surface area contributed by atoms with Gasteiger partial charge in [0, 0.05) is 24.6 Å². The van der Waals surface area contributed by atoms with Crippen LogP contribution in [0.5, 0.6) is 5.75 Å². The molecule has 1 aliphatic heterocycles. The maximum atomic E-state index is 15.0. The predicted molar refractivity (Wildman–Crippen MR) is 99.6 cm³/mol. The van der Waals surface area contributed by atoms with Crippen molar-refractivity contribution in [1.82, 2.24) is 0 Å². The Hall–Kier alpha value is -2.69. The van der Waals surface area contributed by atoms with Crippen LogP contribution in [0.3, 0.4) is 0 Å². The van der Waals surface area contributed by atoms with Crippen molar-refractivity contribution >= 4 is 17.9 Å². The van der Waals surface area contributed by atoms with Gasteiger partial charge >= 0.3 is 0 Å². The fraction of sp³-hybridized carbons (Fsp3) is 0.333. The Morgan fingerprint density at radius 1 is 1.27 bits per heavy atom. The van der Waals surface area contributed by atoms with E-state index in [1.165, 1.54) is 13.2 Å². The van der Waals surface area contributed by atoms with Gasteiger partial charge in [0.25, 0.3) is 0 Å². The van der Waals surface area contributed by atoms with Crippen LogP contribution in [0.15, 0.2) is 24.3 Å². The van der Waals surface area contributed by atoms with Crippen LogP contribution in [0.2, 0.25) is 0 Å². The lowest BCUT2D eigenvalue weighted by atomic mass is 9.76. The van der Waals surface area contributed by atoms with E-state index in [9.17, 15) is 14.0 Å². The number of nitrogens with zero attached hydrogens (tertiary/aromatic N) is 1. The number of anilines is 1. The molecule has 0 atom stereocenters. The first-order chi connectivity index (χ1) is 12.2. The van der Waals surface area contributed by atoms with Crippen molar-refractivity contribution in [2.45, 2.75) is 32.6 Å². The molecule has 0 fully saturated rings. The van der Waals surface area contributed by atoms with E-state index < -0.39 is 5.82 Å². The second-order valence-corrected chi connectivity index (χ2v) is 7.36. The second-order valence-electron chi connectivity index (χ2n) is 7.36. The van der Waals surface area contributed by atoms with Gasteiger partial charge in [-0.05, 0) is 41.8 Å². The van der Waals surface area contributed by atoms with Gasteiger partial charge in [0.05, 0.1) is 18.2 Å². The van der Waals surface area contributed by atoms with Gasteiger partial charge in [-0.2, -0.15) is 0 Å². The summed E-state index contributed by atoms with van der Waals surface area (Å²) in [6.07, 6.45) is 0.915. The molecule has 0 spiro atoms. The monoisotopic (exact) mass is 355 g/mol. The lowest BCUT2D eigenvalue weighted by Crippen LogP contribution is -2.39.